The highest BCUT2D eigenvalue weighted by atomic mass is 35.5. The van der Waals surface area contributed by atoms with E-state index in [1.165, 1.54) is 18.2 Å². The molecule has 1 aliphatic heterocycles. The van der Waals surface area contributed by atoms with Crippen LogP contribution in [0.5, 0.6) is 0 Å². The van der Waals surface area contributed by atoms with Gasteiger partial charge >= 0.3 is 0 Å². The molecule has 0 spiro atoms. The van der Waals surface area contributed by atoms with E-state index < -0.39 is 0 Å². The van der Waals surface area contributed by atoms with Crippen molar-refractivity contribution in [1.29, 1.82) is 0 Å². The number of pyridine rings is 1. The maximum absolute atomic E-state index is 12.4. The first-order valence-electron chi connectivity index (χ1n) is 10.6. The molecule has 2 aromatic heterocycles. The molecule has 0 aliphatic carbocycles. The first kappa shape index (κ1) is 21.0. The quantitative estimate of drug-likeness (QED) is 0.352. The van der Waals surface area contributed by atoms with Gasteiger partial charge in [0.2, 0.25) is 11.8 Å². The highest BCUT2D eigenvalue weighted by Gasteiger charge is 2.19. The summed E-state index contributed by atoms with van der Waals surface area (Å²) in [6.07, 6.45) is 3.35. The van der Waals surface area contributed by atoms with Crippen LogP contribution in [0.4, 0.5) is 0 Å². The van der Waals surface area contributed by atoms with Crippen molar-refractivity contribution in [2.75, 3.05) is 18.8 Å². The molecular formula is C24H21ClN4O2S. The molecule has 0 radical (unpaired) electrons. The van der Waals surface area contributed by atoms with Crippen LogP contribution in [0.2, 0.25) is 5.02 Å². The molecule has 1 amide bonds. The van der Waals surface area contributed by atoms with Crippen LogP contribution in [0, 0.1) is 0 Å². The number of fused-ring (bicyclic) bond motifs is 1. The van der Waals surface area contributed by atoms with Crippen LogP contribution in [0.25, 0.3) is 33.6 Å². The number of likely N-dealkylation sites (tertiary alicyclic amines) is 1. The molecule has 1 aliphatic rings. The van der Waals surface area contributed by atoms with Crippen molar-refractivity contribution in [3.05, 3.63) is 59.6 Å². The monoisotopic (exact) mass is 464 g/mol. The number of nitrogens with zero attached hydrogens (tertiary/aromatic N) is 4. The number of carbonyl (C=O) groups excluding carboxylic acids is 1. The normalized spacial score (nSPS) is 14.1. The summed E-state index contributed by atoms with van der Waals surface area (Å²) >= 11 is 7.33. The molecule has 0 saturated carbocycles. The van der Waals surface area contributed by atoms with Crippen molar-refractivity contribution in [1.82, 2.24) is 20.1 Å². The van der Waals surface area contributed by atoms with Gasteiger partial charge in [-0.25, -0.2) is 4.98 Å². The minimum atomic E-state index is 0.119. The van der Waals surface area contributed by atoms with Crippen molar-refractivity contribution < 1.29 is 9.21 Å². The molecule has 162 valence electrons. The summed E-state index contributed by atoms with van der Waals surface area (Å²) in [4.78, 5) is 19.2. The van der Waals surface area contributed by atoms with E-state index >= 15 is 0 Å². The minimum absolute atomic E-state index is 0.119. The Bertz CT molecular complexity index is 1250. The van der Waals surface area contributed by atoms with Gasteiger partial charge in [-0.1, -0.05) is 53.7 Å². The van der Waals surface area contributed by atoms with Crippen molar-refractivity contribution in [2.45, 2.75) is 24.5 Å². The average Bonchev–Trinajstić information content (AvgIpc) is 3.32. The molecule has 1 saturated heterocycles. The van der Waals surface area contributed by atoms with Crippen LogP contribution in [0.3, 0.4) is 0 Å². The number of thioether (sulfide) groups is 1. The summed E-state index contributed by atoms with van der Waals surface area (Å²) in [5.74, 6) is 0.829. The Kier molecular flexibility index (Phi) is 6.10. The number of hydrogen-bond acceptors (Lipinski definition) is 6. The average molecular weight is 465 g/mol. The first-order valence-corrected chi connectivity index (χ1v) is 11.9. The Morgan fingerprint density at radius 1 is 1.03 bits per heavy atom. The van der Waals surface area contributed by atoms with Crippen molar-refractivity contribution in [2.24, 2.45) is 0 Å². The first-order chi connectivity index (χ1) is 15.7. The van der Waals surface area contributed by atoms with Gasteiger partial charge in [-0.05, 0) is 43.5 Å². The van der Waals surface area contributed by atoms with E-state index in [1.54, 1.807) is 0 Å². The van der Waals surface area contributed by atoms with Crippen LogP contribution >= 0.6 is 23.4 Å². The Balaban J connectivity index is 1.42. The summed E-state index contributed by atoms with van der Waals surface area (Å²) in [6, 6.07) is 17.4. The van der Waals surface area contributed by atoms with Gasteiger partial charge in [-0.15, -0.1) is 10.2 Å². The van der Waals surface area contributed by atoms with Gasteiger partial charge in [0.25, 0.3) is 5.22 Å². The second kappa shape index (κ2) is 9.30. The summed E-state index contributed by atoms with van der Waals surface area (Å²) in [5.41, 5.74) is 3.38. The largest absolute Gasteiger partial charge is 0.411 e. The molecule has 3 heterocycles. The zero-order chi connectivity index (χ0) is 21.9. The van der Waals surface area contributed by atoms with Gasteiger partial charge in [0.1, 0.15) is 0 Å². The zero-order valence-electron chi connectivity index (χ0n) is 17.3. The van der Waals surface area contributed by atoms with Gasteiger partial charge in [0.05, 0.1) is 22.5 Å². The lowest BCUT2D eigenvalue weighted by atomic mass is 10.0. The Hall–Kier alpha value is -2.90. The number of rotatable bonds is 5. The van der Waals surface area contributed by atoms with E-state index in [0.29, 0.717) is 21.9 Å². The fraction of sp³-hybridized carbons (Fsp3) is 0.250. The molecule has 2 aromatic carbocycles. The molecule has 6 nitrogen and oxygen atoms in total. The Morgan fingerprint density at radius 2 is 1.81 bits per heavy atom. The van der Waals surface area contributed by atoms with E-state index in [2.05, 4.69) is 10.2 Å². The van der Waals surface area contributed by atoms with Crippen LogP contribution in [0.15, 0.2) is 64.2 Å². The molecule has 0 N–H and O–H groups in total. The van der Waals surface area contributed by atoms with Gasteiger partial charge in [0.15, 0.2) is 0 Å². The number of amides is 1. The number of carbonyl (C=O) groups is 1. The number of aromatic nitrogens is 3. The van der Waals surface area contributed by atoms with Crippen LogP contribution in [-0.2, 0) is 4.79 Å². The summed E-state index contributed by atoms with van der Waals surface area (Å²) < 4.78 is 5.95. The van der Waals surface area contributed by atoms with E-state index in [9.17, 15) is 4.79 Å². The molecule has 5 rings (SSSR count). The van der Waals surface area contributed by atoms with Crippen LogP contribution in [0.1, 0.15) is 19.3 Å². The fourth-order valence-electron chi connectivity index (χ4n) is 3.86. The van der Waals surface area contributed by atoms with Gasteiger partial charge < -0.3 is 9.32 Å². The Labute approximate surface area is 195 Å². The second-order valence-electron chi connectivity index (χ2n) is 7.68. The zero-order valence-corrected chi connectivity index (χ0v) is 18.9. The summed E-state index contributed by atoms with van der Waals surface area (Å²) in [7, 11) is 0. The van der Waals surface area contributed by atoms with Crippen LogP contribution in [-0.4, -0.2) is 44.8 Å². The van der Waals surface area contributed by atoms with Crippen molar-refractivity contribution in [3.8, 4) is 22.7 Å². The van der Waals surface area contributed by atoms with E-state index in [1.807, 2.05) is 59.5 Å². The lowest BCUT2D eigenvalue weighted by Crippen LogP contribution is -2.36. The highest BCUT2D eigenvalue weighted by molar-refractivity contribution is 7.99. The highest BCUT2D eigenvalue weighted by Crippen LogP contribution is 2.33. The SMILES string of the molecule is O=C(CSc1nnc(-c2cc(-c3ccc(Cl)cc3)nc3ccccc23)o1)N1CCCCC1. The predicted octanol–water partition coefficient (Wildman–Crippen LogP) is 5.71. The van der Waals surface area contributed by atoms with Gasteiger partial charge in [-0.3, -0.25) is 4.79 Å². The third-order valence-corrected chi connectivity index (χ3v) is 6.58. The molecule has 0 atom stereocenters. The predicted molar refractivity (Wildman–Crippen MR) is 127 cm³/mol. The number of para-hydroxylation sites is 1. The smallest absolute Gasteiger partial charge is 0.277 e. The molecule has 0 unspecified atom stereocenters. The van der Waals surface area contributed by atoms with Gasteiger partial charge in [-0.2, -0.15) is 0 Å². The number of piperidine rings is 1. The standard InChI is InChI=1S/C24H21ClN4O2S/c25-17-10-8-16(9-11-17)21-14-19(18-6-2-3-7-20(18)26-21)23-27-28-24(31-23)32-15-22(30)29-12-4-1-5-13-29/h2-3,6-11,14H,1,4-5,12-13,15H2. The third kappa shape index (κ3) is 4.49. The number of halogens is 1. The lowest BCUT2D eigenvalue weighted by Gasteiger charge is -2.26. The molecule has 0 bridgehead atoms. The second-order valence-corrected chi connectivity index (χ2v) is 9.05. The maximum Gasteiger partial charge on any atom is 0.277 e. The number of benzene rings is 2. The topological polar surface area (TPSA) is 72.1 Å². The van der Waals surface area contributed by atoms with E-state index in [0.717, 1.165) is 53.7 Å². The fourth-order valence-corrected chi connectivity index (χ4v) is 4.65. The van der Waals surface area contributed by atoms with E-state index in [4.69, 9.17) is 21.0 Å². The number of hydrogen-bond donors (Lipinski definition) is 0. The molecular weight excluding hydrogens is 444 g/mol. The summed E-state index contributed by atoms with van der Waals surface area (Å²) in [5, 5.41) is 10.4. The molecule has 4 aromatic rings. The van der Waals surface area contributed by atoms with Gasteiger partial charge in [0, 0.05) is 29.1 Å². The maximum atomic E-state index is 12.4. The summed E-state index contributed by atoms with van der Waals surface area (Å²) in [6.45, 7) is 1.68. The van der Waals surface area contributed by atoms with Crippen molar-refractivity contribution >= 4 is 40.2 Å². The minimum Gasteiger partial charge on any atom is -0.411 e. The lowest BCUT2D eigenvalue weighted by molar-refractivity contribution is -0.129. The third-order valence-electron chi connectivity index (χ3n) is 5.52. The molecule has 8 heteroatoms. The molecule has 1 fully saturated rings. The molecule has 32 heavy (non-hydrogen) atoms. The Morgan fingerprint density at radius 3 is 2.62 bits per heavy atom. The van der Waals surface area contributed by atoms with E-state index in [-0.39, 0.29) is 5.91 Å². The van der Waals surface area contributed by atoms with Crippen molar-refractivity contribution in [3.63, 3.8) is 0 Å². The van der Waals surface area contributed by atoms with Crippen LogP contribution < -0.4 is 0 Å².